The molecule has 0 radical (unpaired) electrons. The first kappa shape index (κ1) is 16.5. The highest BCUT2D eigenvalue weighted by molar-refractivity contribution is 6.31. The molecule has 1 heterocycles. The molecule has 2 aromatic rings. The van der Waals surface area contributed by atoms with Gasteiger partial charge in [-0.25, -0.2) is 0 Å². The number of rotatable bonds is 2. The van der Waals surface area contributed by atoms with Crippen molar-refractivity contribution >= 4 is 29.1 Å². The van der Waals surface area contributed by atoms with Gasteiger partial charge in [-0.2, -0.15) is 0 Å². The number of benzene rings is 2. The highest BCUT2D eigenvalue weighted by Gasteiger charge is 2.35. The summed E-state index contributed by atoms with van der Waals surface area (Å²) in [4.78, 5) is 28.8. The van der Waals surface area contributed by atoms with Crippen molar-refractivity contribution in [3.63, 3.8) is 0 Å². The van der Waals surface area contributed by atoms with Gasteiger partial charge in [-0.1, -0.05) is 35.9 Å². The van der Waals surface area contributed by atoms with E-state index in [1.54, 1.807) is 34.9 Å². The Morgan fingerprint density at radius 1 is 1.12 bits per heavy atom. The van der Waals surface area contributed by atoms with Crippen LogP contribution in [0.4, 0.5) is 5.69 Å². The first-order valence-electron chi connectivity index (χ1n) is 7.92. The van der Waals surface area contributed by atoms with Crippen LogP contribution in [0.1, 0.15) is 22.8 Å². The summed E-state index contributed by atoms with van der Waals surface area (Å²) in [6.45, 7) is 4.68. The van der Waals surface area contributed by atoms with Crippen LogP contribution in [0.3, 0.4) is 0 Å². The van der Waals surface area contributed by atoms with E-state index in [1.807, 2.05) is 37.3 Å². The van der Waals surface area contributed by atoms with Gasteiger partial charge in [0.25, 0.3) is 5.91 Å². The highest BCUT2D eigenvalue weighted by atomic mass is 35.5. The molecule has 0 bridgehead atoms. The van der Waals surface area contributed by atoms with E-state index in [2.05, 4.69) is 0 Å². The molecule has 0 aromatic heterocycles. The summed E-state index contributed by atoms with van der Waals surface area (Å²) in [5.74, 6) is -0.199. The highest BCUT2D eigenvalue weighted by Crippen LogP contribution is 2.27. The van der Waals surface area contributed by atoms with Crippen LogP contribution in [-0.2, 0) is 4.79 Å². The Balaban J connectivity index is 1.84. The van der Waals surface area contributed by atoms with Gasteiger partial charge in [-0.15, -0.1) is 0 Å². The van der Waals surface area contributed by atoms with E-state index in [4.69, 9.17) is 11.6 Å². The molecule has 2 aromatic carbocycles. The molecule has 0 aliphatic carbocycles. The van der Waals surface area contributed by atoms with Crippen LogP contribution in [-0.4, -0.2) is 35.8 Å². The zero-order chi connectivity index (χ0) is 17.3. The van der Waals surface area contributed by atoms with Crippen LogP contribution in [0.5, 0.6) is 0 Å². The Labute approximate surface area is 146 Å². The molecule has 0 N–H and O–H groups in total. The van der Waals surface area contributed by atoms with E-state index in [-0.39, 0.29) is 11.8 Å². The van der Waals surface area contributed by atoms with Gasteiger partial charge in [0.2, 0.25) is 5.91 Å². The normalized spacial score (nSPS) is 18.0. The smallest absolute Gasteiger partial charge is 0.254 e. The fourth-order valence-electron chi connectivity index (χ4n) is 3.01. The fourth-order valence-corrected chi connectivity index (χ4v) is 3.17. The summed E-state index contributed by atoms with van der Waals surface area (Å²) in [5, 5.41) is 0.596. The molecule has 124 valence electrons. The lowest BCUT2D eigenvalue weighted by Gasteiger charge is -2.39. The molecule has 4 nitrogen and oxygen atoms in total. The molecule has 0 saturated carbocycles. The number of anilines is 1. The van der Waals surface area contributed by atoms with Crippen molar-refractivity contribution in [3.8, 4) is 0 Å². The van der Waals surface area contributed by atoms with E-state index >= 15 is 0 Å². The summed E-state index contributed by atoms with van der Waals surface area (Å²) >= 11 is 6.08. The monoisotopic (exact) mass is 342 g/mol. The molecule has 1 aliphatic heterocycles. The Morgan fingerprint density at radius 2 is 1.83 bits per heavy atom. The van der Waals surface area contributed by atoms with Gasteiger partial charge in [0.15, 0.2) is 0 Å². The maximum absolute atomic E-state index is 12.8. The maximum Gasteiger partial charge on any atom is 0.254 e. The number of halogens is 1. The molecule has 5 heteroatoms. The third-order valence-electron chi connectivity index (χ3n) is 4.40. The van der Waals surface area contributed by atoms with E-state index in [0.717, 1.165) is 11.3 Å². The van der Waals surface area contributed by atoms with Crippen molar-refractivity contribution in [1.29, 1.82) is 0 Å². The standard InChI is InChI=1S/C19H19ClN2O2/c1-13-8-9-16(20)12-17(13)22-11-10-21(14(2)18(22)23)19(24)15-6-4-3-5-7-15/h3-9,12,14H,10-11H2,1-2H3. The fraction of sp³-hybridized carbons (Fsp3) is 0.263. The van der Waals surface area contributed by atoms with Gasteiger partial charge in [-0.3, -0.25) is 9.59 Å². The topological polar surface area (TPSA) is 40.6 Å². The molecule has 24 heavy (non-hydrogen) atoms. The Kier molecular flexibility index (Phi) is 4.58. The number of aryl methyl sites for hydroxylation is 1. The molecule has 1 aliphatic rings. The minimum Gasteiger partial charge on any atom is -0.325 e. The largest absolute Gasteiger partial charge is 0.325 e. The van der Waals surface area contributed by atoms with Crippen molar-refractivity contribution in [1.82, 2.24) is 4.90 Å². The van der Waals surface area contributed by atoms with E-state index in [9.17, 15) is 9.59 Å². The lowest BCUT2D eigenvalue weighted by molar-refractivity contribution is -0.124. The number of hydrogen-bond donors (Lipinski definition) is 0. The van der Waals surface area contributed by atoms with Gasteiger partial charge in [0.1, 0.15) is 6.04 Å². The van der Waals surface area contributed by atoms with Crippen molar-refractivity contribution < 1.29 is 9.59 Å². The number of nitrogens with zero attached hydrogens (tertiary/aromatic N) is 2. The zero-order valence-corrected chi connectivity index (χ0v) is 14.5. The summed E-state index contributed by atoms with van der Waals surface area (Å²) in [6, 6.07) is 14.1. The van der Waals surface area contributed by atoms with E-state index < -0.39 is 6.04 Å². The van der Waals surface area contributed by atoms with Gasteiger partial charge < -0.3 is 9.80 Å². The van der Waals surface area contributed by atoms with Crippen molar-refractivity contribution in [2.45, 2.75) is 19.9 Å². The third-order valence-corrected chi connectivity index (χ3v) is 4.63. The molecule has 1 saturated heterocycles. The Bertz CT molecular complexity index is 776. The number of hydrogen-bond acceptors (Lipinski definition) is 2. The first-order chi connectivity index (χ1) is 11.5. The minimum absolute atomic E-state index is 0.0871. The quantitative estimate of drug-likeness (QED) is 0.837. The molecule has 0 spiro atoms. The molecule has 1 atom stereocenters. The van der Waals surface area contributed by atoms with Crippen molar-refractivity contribution in [2.75, 3.05) is 18.0 Å². The molecular formula is C19H19ClN2O2. The molecule has 1 unspecified atom stereocenters. The average molecular weight is 343 g/mol. The lowest BCUT2D eigenvalue weighted by atomic mass is 10.1. The summed E-state index contributed by atoms with van der Waals surface area (Å²) < 4.78 is 0. The predicted molar refractivity (Wildman–Crippen MR) is 95.5 cm³/mol. The number of carbonyl (C=O) groups is 2. The average Bonchev–Trinajstić information content (AvgIpc) is 2.60. The molecule has 1 fully saturated rings. The number of piperazine rings is 1. The van der Waals surface area contributed by atoms with Gasteiger partial charge in [0, 0.05) is 29.4 Å². The van der Waals surface area contributed by atoms with Crippen LogP contribution < -0.4 is 4.90 Å². The number of amides is 2. The van der Waals surface area contributed by atoms with Crippen molar-refractivity contribution in [3.05, 3.63) is 64.7 Å². The SMILES string of the molecule is Cc1ccc(Cl)cc1N1CCN(C(=O)c2ccccc2)C(C)C1=O. The molecule has 3 rings (SSSR count). The van der Waals surface area contributed by atoms with Gasteiger partial charge in [-0.05, 0) is 43.7 Å². The Hall–Kier alpha value is -2.33. The second kappa shape index (κ2) is 6.65. The van der Waals surface area contributed by atoms with Gasteiger partial charge in [0.05, 0.1) is 0 Å². The third kappa shape index (κ3) is 3.02. The van der Waals surface area contributed by atoms with Crippen LogP contribution in [0.2, 0.25) is 5.02 Å². The lowest BCUT2D eigenvalue weighted by Crippen LogP contribution is -2.57. The van der Waals surface area contributed by atoms with E-state index in [1.165, 1.54) is 0 Å². The van der Waals surface area contributed by atoms with Crippen LogP contribution in [0, 0.1) is 6.92 Å². The molecular weight excluding hydrogens is 324 g/mol. The summed E-state index contributed by atoms with van der Waals surface area (Å²) in [6.07, 6.45) is 0. The second-order valence-electron chi connectivity index (χ2n) is 5.96. The van der Waals surface area contributed by atoms with Crippen LogP contribution >= 0.6 is 11.6 Å². The zero-order valence-electron chi connectivity index (χ0n) is 13.7. The Morgan fingerprint density at radius 3 is 2.54 bits per heavy atom. The maximum atomic E-state index is 12.8. The van der Waals surface area contributed by atoms with Crippen LogP contribution in [0.25, 0.3) is 0 Å². The first-order valence-corrected chi connectivity index (χ1v) is 8.30. The number of carbonyl (C=O) groups excluding carboxylic acids is 2. The predicted octanol–water partition coefficient (Wildman–Crippen LogP) is 3.53. The van der Waals surface area contributed by atoms with Crippen LogP contribution in [0.15, 0.2) is 48.5 Å². The second-order valence-corrected chi connectivity index (χ2v) is 6.40. The van der Waals surface area contributed by atoms with E-state index in [0.29, 0.717) is 23.7 Å². The molecule has 2 amide bonds. The summed E-state index contributed by atoms with van der Waals surface area (Å²) in [5.41, 5.74) is 2.40. The minimum atomic E-state index is -0.509. The summed E-state index contributed by atoms with van der Waals surface area (Å²) in [7, 11) is 0. The van der Waals surface area contributed by atoms with Gasteiger partial charge >= 0.3 is 0 Å². The van der Waals surface area contributed by atoms with Crippen molar-refractivity contribution in [2.24, 2.45) is 0 Å².